The Balaban J connectivity index is 5.61. The second-order valence-electron chi connectivity index (χ2n) is 6.61. The molecule has 0 aromatic heterocycles. The summed E-state index contributed by atoms with van der Waals surface area (Å²) in [5, 5.41) is 0. The van der Waals surface area contributed by atoms with Crippen molar-refractivity contribution in [3.8, 4) is 0 Å². The molecule has 4 heteroatoms. The van der Waals surface area contributed by atoms with E-state index in [1.807, 2.05) is 0 Å². The Labute approximate surface area is 115 Å². The quantitative estimate of drug-likeness (QED) is 0.686. The van der Waals surface area contributed by atoms with Crippen LogP contribution in [0.5, 0.6) is 0 Å². The van der Waals surface area contributed by atoms with Gasteiger partial charge in [0.05, 0.1) is 0 Å². The van der Waals surface area contributed by atoms with Crippen molar-refractivity contribution in [3.05, 3.63) is 0 Å². The molecule has 0 radical (unpaired) electrons. The van der Waals surface area contributed by atoms with Crippen molar-refractivity contribution in [1.82, 2.24) is 4.57 Å². The van der Waals surface area contributed by atoms with E-state index in [2.05, 4.69) is 66.9 Å². The topological polar surface area (TPSA) is 21.7 Å². The van der Waals surface area contributed by atoms with Crippen LogP contribution in [0.2, 0.25) is 6.04 Å². The van der Waals surface area contributed by atoms with Crippen molar-refractivity contribution in [2.45, 2.75) is 79.4 Å². The van der Waals surface area contributed by atoms with Gasteiger partial charge in [-0.3, -0.25) is 4.57 Å². The standard InChI is InChI=1S/C14H33NO2Si/c1-10-16-18(12-3,17-11-2)15(13(4,5)6)14(7,8)9/h10-12H2,1-9H3. The van der Waals surface area contributed by atoms with E-state index >= 15 is 0 Å². The summed E-state index contributed by atoms with van der Waals surface area (Å²) < 4.78 is 14.8. The van der Waals surface area contributed by atoms with Gasteiger partial charge >= 0.3 is 8.72 Å². The zero-order valence-electron chi connectivity index (χ0n) is 13.9. The third-order valence-electron chi connectivity index (χ3n) is 2.87. The van der Waals surface area contributed by atoms with Crippen molar-refractivity contribution in [3.63, 3.8) is 0 Å². The lowest BCUT2D eigenvalue weighted by molar-refractivity contribution is 0.0280. The van der Waals surface area contributed by atoms with Crippen LogP contribution in [0, 0.1) is 0 Å². The average Bonchev–Trinajstić information content (AvgIpc) is 2.13. The molecule has 0 aliphatic heterocycles. The summed E-state index contributed by atoms with van der Waals surface area (Å²) in [6.45, 7) is 21.2. The Bertz CT molecular complexity index is 223. The van der Waals surface area contributed by atoms with Gasteiger partial charge in [0.25, 0.3) is 0 Å². The van der Waals surface area contributed by atoms with Crippen LogP contribution in [-0.4, -0.2) is 37.6 Å². The lowest BCUT2D eigenvalue weighted by Gasteiger charge is -2.53. The molecule has 18 heavy (non-hydrogen) atoms. The highest BCUT2D eigenvalue weighted by molar-refractivity contribution is 6.64. The van der Waals surface area contributed by atoms with Gasteiger partial charge in [-0.1, -0.05) is 6.92 Å². The van der Waals surface area contributed by atoms with Crippen LogP contribution in [-0.2, 0) is 8.85 Å². The molecule has 0 saturated carbocycles. The van der Waals surface area contributed by atoms with Gasteiger partial charge in [-0.15, -0.1) is 0 Å². The number of nitrogens with zero attached hydrogens (tertiary/aromatic N) is 1. The zero-order valence-corrected chi connectivity index (χ0v) is 14.9. The van der Waals surface area contributed by atoms with E-state index < -0.39 is 8.72 Å². The molecule has 0 rings (SSSR count). The predicted octanol–water partition coefficient (Wildman–Crippen LogP) is 3.92. The van der Waals surface area contributed by atoms with Gasteiger partial charge < -0.3 is 8.85 Å². The Morgan fingerprint density at radius 1 is 0.778 bits per heavy atom. The van der Waals surface area contributed by atoms with Crippen molar-refractivity contribution < 1.29 is 8.85 Å². The summed E-state index contributed by atoms with van der Waals surface area (Å²) in [5.74, 6) is 0. The lowest BCUT2D eigenvalue weighted by Crippen LogP contribution is -2.70. The fraction of sp³-hybridized carbons (Fsp3) is 1.00. The van der Waals surface area contributed by atoms with Crippen LogP contribution in [0.1, 0.15) is 62.3 Å². The van der Waals surface area contributed by atoms with Gasteiger partial charge in [0, 0.05) is 30.3 Å². The zero-order chi connectivity index (χ0) is 14.6. The Hall–Kier alpha value is 0.0969. The molecule has 0 saturated heterocycles. The SMILES string of the molecule is CCO[Si](CC)(OCC)N(C(C)(C)C)C(C)(C)C. The van der Waals surface area contributed by atoms with Gasteiger partial charge in [-0.25, -0.2) is 0 Å². The van der Waals surface area contributed by atoms with E-state index in [4.69, 9.17) is 8.85 Å². The van der Waals surface area contributed by atoms with Crippen molar-refractivity contribution in [2.75, 3.05) is 13.2 Å². The van der Waals surface area contributed by atoms with Gasteiger partial charge in [-0.2, -0.15) is 0 Å². The molecule has 3 nitrogen and oxygen atoms in total. The molecule has 110 valence electrons. The third-order valence-corrected chi connectivity index (χ3v) is 7.26. The second-order valence-corrected chi connectivity index (χ2v) is 9.77. The summed E-state index contributed by atoms with van der Waals surface area (Å²) in [7, 11) is -2.34. The summed E-state index contributed by atoms with van der Waals surface area (Å²) in [4.78, 5) is 0. The van der Waals surface area contributed by atoms with Gasteiger partial charge in [0.15, 0.2) is 0 Å². The minimum atomic E-state index is -2.34. The fourth-order valence-corrected chi connectivity index (χ4v) is 7.02. The van der Waals surface area contributed by atoms with E-state index in [1.165, 1.54) is 0 Å². The summed E-state index contributed by atoms with van der Waals surface area (Å²) >= 11 is 0. The highest BCUT2D eigenvalue weighted by atomic mass is 28.4. The molecular formula is C14H33NO2Si. The van der Waals surface area contributed by atoms with Crippen molar-refractivity contribution in [2.24, 2.45) is 0 Å². The molecule has 0 aromatic rings. The maximum atomic E-state index is 6.18. The first-order chi connectivity index (χ1) is 8.05. The van der Waals surface area contributed by atoms with Gasteiger partial charge in [0.1, 0.15) is 0 Å². The Morgan fingerprint density at radius 3 is 1.28 bits per heavy atom. The molecule has 0 N–H and O–H groups in total. The smallest absolute Gasteiger partial charge is 0.383 e. The third kappa shape index (κ3) is 4.33. The molecule has 0 aliphatic carbocycles. The summed E-state index contributed by atoms with van der Waals surface area (Å²) in [6, 6.07) is 0.948. The minimum Gasteiger partial charge on any atom is -0.383 e. The van der Waals surface area contributed by atoms with E-state index in [-0.39, 0.29) is 11.1 Å². The fourth-order valence-electron chi connectivity index (χ4n) is 3.01. The molecule has 0 bridgehead atoms. The largest absolute Gasteiger partial charge is 0.428 e. The maximum absolute atomic E-state index is 6.18. The first-order valence-corrected chi connectivity index (χ1v) is 9.10. The van der Waals surface area contributed by atoms with Crippen LogP contribution in [0.3, 0.4) is 0 Å². The second kappa shape index (κ2) is 6.50. The van der Waals surface area contributed by atoms with E-state index in [1.54, 1.807) is 0 Å². The molecule has 0 amide bonds. The molecule has 0 unspecified atom stereocenters. The Kier molecular flexibility index (Phi) is 6.54. The molecule has 0 aromatic carbocycles. The van der Waals surface area contributed by atoms with Crippen LogP contribution in [0.15, 0.2) is 0 Å². The summed E-state index contributed by atoms with van der Waals surface area (Å²) in [6.07, 6.45) is 0. The first-order valence-electron chi connectivity index (χ1n) is 7.13. The molecule has 0 spiro atoms. The van der Waals surface area contributed by atoms with Crippen molar-refractivity contribution >= 4 is 8.72 Å². The Morgan fingerprint density at radius 2 is 1.11 bits per heavy atom. The molecule has 0 fully saturated rings. The highest BCUT2D eigenvalue weighted by Gasteiger charge is 2.52. The first kappa shape index (κ1) is 18.1. The van der Waals surface area contributed by atoms with Crippen molar-refractivity contribution in [1.29, 1.82) is 0 Å². The number of rotatable bonds is 6. The van der Waals surface area contributed by atoms with E-state index in [9.17, 15) is 0 Å². The van der Waals surface area contributed by atoms with Gasteiger partial charge in [-0.05, 0) is 55.4 Å². The summed E-state index contributed by atoms with van der Waals surface area (Å²) in [5.41, 5.74) is 0.0651. The molecule has 0 aliphatic rings. The van der Waals surface area contributed by atoms with Crippen LogP contribution in [0.25, 0.3) is 0 Å². The van der Waals surface area contributed by atoms with E-state index in [0.717, 1.165) is 6.04 Å². The monoisotopic (exact) mass is 275 g/mol. The average molecular weight is 276 g/mol. The lowest BCUT2D eigenvalue weighted by atomic mass is 10.0. The molecular weight excluding hydrogens is 242 g/mol. The van der Waals surface area contributed by atoms with E-state index in [0.29, 0.717) is 13.2 Å². The van der Waals surface area contributed by atoms with Crippen LogP contribution < -0.4 is 0 Å². The predicted molar refractivity (Wildman–Crippen MR) is 80.8 cm³/mol. The number of hydrogen-bond acceptors (Lipinski definition) is 3. The van der Waals surface area contributed by atoms with Gasteiger partial charge in [0.2, 0.25) is 0 Å². The number of hydrogen-bond donors (Lipinski definition) is 0. The maximum Gasteiger partial charge on any atom is 0.428 e. The highest BCUT2D eigenvalue weighted by Crippen LogP contribution is 2.34. The minimum absolute atomic E-state index is 0.0326. The normalized spacial score (nSPS) is 14.3. The van der Waals surface area contributed by atoms with Crippen LogP contribution in [0.4, 0.5) is 0 Å². The molecule has 0 heterocycles. The van der Waals surface area contributed by atoms with Crippen LogP contribution >= 0.6 is 0 Å². The molecule has 0 atom stereocenters.